The third-order valence-corrected chi connectivity index (χ3v) is 1.82. The van der Waals surface area contributed by atoms with E-state index >= 15 is 0 Å². The van der Waals surface area contributed by atoms with Gasteiger partial charge in [0, 0.05) is 24.0 Å². The first-order chi connectivity index (χ1) is 5.70. The van der Waals surface area contributed by atoms with Crippen molar-refractivity contribution in [3.8, 4) is 0 Å². The summed E-state index contributed by atoms with van der Waals surface area (Å²) in [6, 6.07) is 9.07. The molecule has 1 aromatic carbocycles. The zero-order valence-corrected chi connectivity index (χ0v) is 7.38. The molecular weight excluding hydrogens is 176 g/mol. The highest BCUT2D eigenvalue weighted by molar-refractivity contribution is 7.76. The van der Waals surface area contributed by atoms with Crippen LogP contribution in [-0.4, -0.2) is 20.2 Å². The van der Waals surface area contributed by atoms with Crippen molar-refractivity contribution in [3.05, 3.63) is 30.3 Å². The molecule has 0 amide bonds. The lowest BCUT2D eigenvalue weighted by molar-refractivity contribution is 0.468. The fourth-order valence-corrected chi connectivity index (χ4v) is 0.912. The first kappa shape index (κ1) is 9.18. The van der Waals surface area contributed by atoms with Crippen molar-refractivity contribution in [1.29, 1.82) is 0 Å². The SMILES string of the molecule is CN(Nc1ccccc1)S(=O)[O-]. The first-order valence-corrected chi connectivity index (χ1v) is 4.38. The van der Waals surface area contributed by atoms with Gasteiger partial charge in [-0.25, -0.2) is 0 Å². The van der Waals surface area contributed by atoms with Crippen LogP contribution in [0, 0.1) is 0 Å². The summed E-state index contributed by atoms with van der Waals surface area (Å²) in [4.78, 5) is 0. The highest BCUT2D eigenvalue weighted by Crippen LogP contribution is 2.05. The van der Waals surface area contributed by atoms with Crippen LogP contribution in [0.15, 0.2) is 30.3 Å². The third-order valence-electron chi connectivity index (χ3n) is 1.28. The van der Waals surface area contributed by atoms with Crippen LogP contribution in [0.25, 0.3) is 0 Å². The van der Waals surface area contributed by atoms with Crippen LogP contribution in [0.3, 0.4) is 0 Å². The van der Waals surface area contributed by atoms with Gasteiger partial charge in [0.25, 0.3) is 0 Å². The first-order valence-electron chi connectivity index (χ1n) is 3.35. The molecule has 0 saturated carbocycles. The Balaban J connectivity index is 2.58. The van der Waals surface area contributed by atoms with Crippen LogP contribution in [0.4, 0.5) is 5.69 Å². The van der Waals surface area contributed by atoms with E-state index < -0.39 is 11.3 Å². The number of nitrogens with one attached hydrogen (secondary N) is 1. The van der Waals surface area contributed by atoms with E-state index in [9.17, 15) is 8.76 Å². The highest BCUT2D eigenvalue weighted by atomic mass is 32.2. The summed E-state index contributed by atoms with van der Waals surface area (Å²) in [6.45, 7) is 0. The van der Waals surface area contributed by atoms with E-state index in [0.717, 1.165) is 10.1 Å². The van der Waals surface area contributed by atoms with Gasteiger partial charge in [-0.1, -0.05) is 18.2 Å². The zero-order valence-electron chi connectivity index (χ0n) is 6.56. The molecule has 1 rings (SSSR count). The van der Waals surface area contributed by atoms with E-state index in [-0.39, 0.29) is 0 Å². The van der Waals surface area contributed by atoms with E-state index in [1.54, 1.807) is 12.1 Å². The van der Waals surface area contributed by atoms with Gasteiger partial charge in [0.2, 0.25) is 0 Å². The van der Waals surface area contributed by atoms with Crippen LogP contribution in [0.5, 0.6) is 0 Å². The molecule has 12 heavy (non-hydrogen) atoms. The van der Waals surface area contributed by atoms with Crippen LogP contribution >= 0.6 is 0 Å². The van der Waals surface area contributed by atoms with Crippen molar-refractivity contribution in [2.75, 3.05) is 12.5 Å². The molecule has 1 N–H and O–H groups in total. The monoisotopic (exact) mass is 185 g/mol. The Morgan fingerprint density at radius 2 is 2.00 bits per heavy atom. The summed E-state index contributed by atoms with van der Waals surface area (Å²) in [6.07, 6.45) is 0. The van der Waals surface area contributed by atoms with Gasteiger partial charge in [-0.2, -0.15) is 4.41 Å². The Kier molecular flexibility index (Phi) is 3.21. The zero-order chi connectivity index (χ0) is 8.97. The van der Waals surface area contributed by atoms with Crippen molar-refractivity contribution in [3.63, 3.8) is 0 Å². The van der Waals surface area contributed by atoms with Gasteiger partial charge in [0.15, 0.2) is 0 Å². The topological polar surface area (TPSA) is 55.4 Å². The predicted molar refractivity (Wildman–Crippen MR) is 46.7 cm³/mol. The second-order valence-electron chi connectivity index (χ2n) is 2.19. The average molecular weight is 185 g/mol. The van der Waals surface area contributed by atoms with E-state index in [2.05, 4.69) is 5.43 Å². The molecule has 0 aliphatic heterocycles. The van der Waals surface area contributed by atoms with Crippen molar-refractivity contribution in [1.82, 2.24) is 4.41 Å². The molecule has 66 valence electrons. The number of hydrogen-bond donors (Lipinski definition) is 1. The van der Waals surface area contributed by atoms with Crippen LogP contribution < -0.4 is 5.43 Å². The van der Waals surface area contributed by atoms with Gasteiger partial charge in [-0.15, -0.1) is 0 Å². The van der Waals surface area contributed by atoms with Gasteiger partial charge >= 0.3 is 0 Å². The van der Waals surface area contributed by atoms with Crippen molar-refractivity contribution < 1.29 is 8.76 Å². The summed E-state index contributed by atoms with van der Waals surface area (Å²) in [7, 11) is 1.43. The summed E-state index contributed by atoms with van der Waals surface area (Å²) >= 11 is -2.24. The second-order valence-corrected chi connectivity index (χ2v) is 3.17. The number of para-hydroxylation sites is 1. The number of anilines is 1. The fourth-order valence-electron chi connectivity index (χ4n) is 0.732. The number of benzene rings is 1. The maximum absolute atomic E-state index is 10.4. The lowest BCUT2D eigenvalue weighted by atomic mass is 10.3. The van der Waals surface area contributed by atoms with Crippen LogP contribution in [0.2, 0.25) is 0 Å². The van der Waals surface area contributed by atoms with Gasteiger partial charge in [-0.05, 0) is 12.1 Å². The van der Waals surface area contributed by atoms with E-state index in [1.165, 1.54) is 7.05 Å². The lowest BCUT2D eigenvalue weighted by Crippen LogP contribution is -2.26. The van der Waals surface area contributed by atoms with Crippen molar-refractivity contribution >= 4 is 17.0 Å². The molecule has 1 aromatic rings. The minimum atomic E-state index is -2.24. The Morgan fingerprint density at radius 3 is 2.50 bits per heavy atom. The van der Waals surface area contributed by atoms with Crippen LogP contribution in [0.1, 0.15) is 0 Å². The molecule has 0 aliphatic carbocycles. The molecule has 0 bridgehead atoms. The van der Waals surface area contributed by atoms with E-state index in [4.69, 9.17) is 0 Å². The van der Waals surface area contributed by atoms with Crippen molar-refractivity contribution in [2.24, 2.45) is 0 Å². The lowest BCUT2D eigenvalue weighted by Gasteiger charge is -2.20. The minimum Gasteiger partial charge on any atom is -0.758 e. The molecule has 0 spiro atoms. The summed E-state index contributed by atoms with van der Waals surface area (Å²) in [5, 5.41) is 0. The Bertz CT molecular complexity index is 265. The number of hydrogen-bond acceptors (Lipinski definition) is 3. The molecule has 0 fully saturated rings. The number of rotatable bonds is 3. The molecule has 4 nitrogen and oxygen atoms in total. The standard InChI is InChI=1S/C7H10N2O2S/c1-9(12(10)11)8-7-5-3-2-4-6-7/h2-6,8H,1H3,(H,10,11)/p-1. The molecule has 0 saturated heterocycles. The predicted octanol–water partition coefficient (Wildman–Crippen LogP) is 0.739. The van der Waals surface area contributed by atoms with Gasteiger partial charge < -0.3 is 9.98 Å². The summed E-state index contributed by atoms with van der Waals surface area (Å²) < 4.78 is 21.7. The summed E-state index contributed by atoms with van der Waals surface area (Å²) in [5.41, 5.74) is 3.40. The summed E-state index contributed by atoms with van der Waals surface area (Å²) in [5.74, 6) is 0. The number of hydrazine groups is 1. The normalized spacial score (nSPS) is 12.9. The molecule has 1 unspecified atom stereocenters. The molecule has 0 aromatic heterocycles. The maximum Gasteiger partial charge on any atom is 0.0499 e. The van der Waals surface area contributed by atoms with E-state index in [0.29, 0.717) is 0 Å². The fraction of sp³-hybridized carbons (Fsp3) is 0.143. The quantitative estimate of drug-likeness (QED) is 0.558. The molecule has 0 radical (unpaired) electrons. The molecule has 0 heterocycles. The molecule has 0 aliphatic rings. The Labute approximate surface area is 73.6 Å². The van der Waals surface area contributed by atoms with Crippen molar-refractivity contribution in [2.45, 2.75) is 0 Å². The van der Waals surface area contributed by atoms with Gasteiger partial charge in [0.05, 0.1) is 0 Å². The Hall–Kier alpha value is -0.910. The highest BCUT2D eigenvalue weighted by Gasteiger charge is 1.95. The van der Waals surface area contributed by atoms with E-state index in [1.807, 2.05) is 18.2 Å². The third kappa shape index (κ3) is 2.61. The maximum atomic E-state index is 10.4. The average Bonchev–Trinajstić information content (AvgIpc) is 2.06. The van der Waals surface area contributed by atoms with Gasteiger partial charge in [-0.3, -0.25) is 4.21 Å². The van der Waals surface area contributed by atoms with Crippen LogP contribution in [-0.2, 0) is 11.3 Å². The van der Waals surface area contributed by atoms with Gasteiger partial charge in [0.1, 0.15) is 0 Å². The molecule has 1 atom stereocenters. The smallest absolute Gasteiger partial charge is 0.0499 e. The number of nitrogens with zero attached hydrogens (tertiary/aromatic N) is 1. The Morgan fingerprint density at radius 1 is 1.42 bits per heavy atom. The largest absolute Gasteiger partial charge is 0.758 e. The second kappa shape index (κ2) is 4.20. The molecule has 5 heteroatoms. The minimum absolute atomic E-state index is 0.740. The molecular formula is C7H9N2O2S-.